The van der Waals surface area contributed by atoms with E-state index in [1.54, 1.807) is 17.5 Å². The maximum absolute atomic E-state index is 5.73. The van der Waals surface area contributed by atoms with Crippen molar-refractivity contribution >= 4 is 32.9 Å². The minimum atomic E-state index is 0.500. The predicted octanol–water partition coefficient (Wildman–Crippen LogP) is 3.88. The molecule has 0 aromatic carbocycles. The first-order valence-corrected chi connectivity index (χ1v) is 7.43. The fourth-order valence-electron chi connectivity index (χ4n) is 1.92. The summed E-state index contributed by atoms with van der Waals surface area (Å²) in [4.78, 5) is 5.15. The van der Waals surface area contributed by atoms with Crippen LogP contribution in [0, 0.1) is 0 Å². The van der Waals surface area contributed by atoms with Crippen molar-refractivity contribution in [2.45, 2.75) is 0 Å². The monoisotopic (exact) mass is 346 g/mol. The van der Waals surface area contributed by atoms with E-state index in [9.17, 15) is 0 Å². The molecule has 0 amide bonds. The summed E-state index contributed by atoms with van der Waals surface area (Å²) in [5.41, 5.74) is 1.75. The number of pyridine rings is 1. The molecule has 0 N–H and O–H groups in total. The molecule has 0 aliphatic heterocycles. The number of hydrogen-bond donors (Lipinski definition) is 0. The van der Waals surface area contributed by atoms with Gasteiger partial charge in [-0.05, 0) is 40.2 Å². The molecular formula is C13H7BrN4OS. The fraction of sp³-hybridized carbons (Fsp3) is 0. The standard InChI is InChI=1S/C13H7BrN4OS/c14-10-3-2-9(20-10)13-17-16-12(19-13)8-1-4-11-15-5-6-18(11)7-8/h1-7H. The smallest absolute Gasteiger partial charge is 0.258 e. The lowest BCUT2D eigenvalue weighted by molar-refractivity contribution is 0.585. The Kier molecular flexibility index (Phi) is 2.68. The SMILES string of the molecule is Brc1ccc(-c2nnc(-c3ccc4nccn4c3)o2)s1. The first-order chi connectivity index (χ1) is 9.79. The molecule has 7 heteroatoms. The highest BCUT2D eigenvalue weighted by Gasteiger charge is 2.12. The number of thiophene rings is 1. The van der Waals surface area contributed by atoms with Gasteiger partial charge in [-0.1, -0.05) is 0 Å². The van der Waals surface area contributed by atoms with E-state index >= 15 is 0 Å². The zero-order valence-corrected chi connectivity index (χ0v) is 12.4. The molecule has 0 unspecified atom stereocenters. The third-order valence-corrected chi connectivity index (χ3v) is 4.46. The van der Waals surface area contributed by atoms with Crippen LogP contribution in [-0.4, -0.2) is 19.6 Å². The lowest BCUT2D eigenvalue weighted by Crippen LogP contribution is -1.85. The zero-order valence-electron chi connectivity index (χ0n) is 10.0. The van der Waals surface area contributed by atoms with Gasteiger partial charge in [0.1, 0.15) is 5.65 Å². The van der Waals surface area contributed by atoms with E-state index in [-0.39, 0.29) is 0 Å². The second-order valence-corrected chi connectivity index (χ2v) is 6.59. The molecule has 0 bridgehead atoms. The van der Waals surface area contributed by atoms with Crippen LogP contribution in [0.2, 0.25) is 0 Å². The van der Waals surface area contributed by atoms with Crippen LogP contribution in [0.1, 0.15) is 0 Å². The average Bonchev–Trinajstić information content (AvgIpc) is 3.17. The van der Waals surface area contributed by atoms with Crippen LogP contribution in [0.15, 0.2) is 51.1 Å². The fourth-order valence-corrected chi connectivity index (χ4v) is 3.22. The van der Waals surface area contributed by atoms with Crippen LogP contribution in [0.5, 0.6) is 0 Å². The van der Waals surface area contributed by atoms with Gasteiger partial charge in [0.25, 0.3) is 5.89 Å². The maximum Gasteiger partial charge on any atom is 0.258 e. The van der Waals surface area contributed by atoms with Crippen LogP contribution in [0.4, 0.5) is 0 Å². The topological polar surface area (TPSA) is 56.2 Å². The van der Waals surface area contributed by atoms with Crippen molar-refractivity contribution in [2.24, 2.45) is 0 Å². The molecule has 0 saturated heterocycles. The van der Waals surface area contributed by atoms with Gasteiger partial charge in [-0.2, -0.15) is 0 Å². The summed E-state index contributed by atoms with van der Waals surface area (Å²) >= 11 is 4.98. The van der Waals surface area contributed by atoms with Crippen LogP contribution in [-0.2, 0) is 0 Å². The van der Waals surface area contributed by atoms with E-state index in [1.807, 2.05) is 41.1 Å². The van der Waals surface area contributed by atoms with Crippen molar-refractivity contribution in [2.75, 3.05) is 0 Å². The van der Waals surface area contributed by atoms with Crippen molar-refractivity contribution in [3.8, 4) is 22.2 Å². The summed E-state index contributed by atoms with van der Waals surface area (Å²) in [6, 6.07) is 7.75. The summed E-state index contributed by atoms with van der Waals surface area (Å²) < 4.78 is 8.68. The van der Waals surface area contributed by atoms with Crippen molar-refractivity contribution in [3.05, 3.63) is 46.6 Å². The highest BCUT2D eigenvalue weighted by molar-refractivity contribution is 9.11. The van der Waals surface area contributed by atoms with Gasteiger partial charge >= 0.3 is 0 Å². The summed E-state index contributed by atoms with van der Waals surface area (Å²) in [5.74, 6) is 1.03. The van der Waals surface area contributed by atoms with Crippen LogP contribution < -0.4 is 0 Å². The highest BCUT2D eigenvalue weighted by atomic mass is 79.9. The molecule has 98 valence electrons. The molecule has 0 fully saturated rings. The lowest BCUT2D eigenvalue weighted by Gasteiger charge is -1.96. The van der Waals surface area contributed by atoms with E-state index in [1.165, 1.54) is 0 Å². The minimum absolute atomic E-state index is 0.500. The van der Waals surface area contributed by atoms with Gasteiger partial charge in [-0.15, -0.1) is 21.5 Å². The van der Waals surface area contributed by atoms with E-state index in [0.717, 1.165) is 19.9 Å². The maximum atomic E-state index is 5.73. The Labute approximate surface area is 126 Å². The molecule has 4 aromatic rings. The summed E-state index contributed by atoms with van der Waals surface area (Å²) in [7, 11) is 0. The molecule has 0 radical (unpaired) electrons. The Morgan fingerprint density at radius 3 is 2.85 bits per heavy atom. The molecule has 0 aliphatic rings. The second kappa shape index (κ2) is 4.53. The van der Waals surface area contributed by atoms with Gasteiger partial charge in [0.15, 0.2) is 0 Å². The first kappa shape index (κ1) is 11.8. The second-order valence-electron chi connectivity index (χ2n) is 4.13. The van der Waals surface area contributed by atoms with Gasteiger partial charge in [0.05, 0.1) is 14.2 Å². The summed E-state index contributed by atoms with van der Waals surface area (Å²) in [6.45, 7) is 0. The Morgan fingerprint density at radius 1 is 1.10 bits per heavy atom. The molecule has 5 nitrogen and oxygen atoms in total. The lowest BCUT2D eigenvalue weighted by atomic mass is 10.3. The number of rotatable bonds is 2. The predicted molar refractivity (Wildman–Crippen MR) is 79.5 cm³/mol. The van der Waals surface area contributed by atoms with Crippen LogP contribution in [0.25, 0.3) is 27.9 Å². The third kappa shape index (κ3) is 1.95. The Bertz CT molecular complexity index is 894. The number of imidazole rings is 1. The average molecular weight is 347 g/mol. The number of nitrogens with zero attached hydrogens (tertiary/aromatic N) is 4. The normalized spacial score (nSPS) is 11.2. The molecule has 4 rings (SSSR count). The van der Waals surface area contributed by atoms with Gasteiger partial charge in [-0.3, -0.25) is 0 Å². The highest BCUT2D eigenvalue weighted by Crippen LogP contribution is 2.31. The molecule has 20 heavy (non-hydrogen) atoms. The van der Waals surface area contributed by atoms with Gasteiger partial charge in [0, 0.05) is 18.6 Å². The number of fused-ring (bicyclic) bond motifs is 1. The molecule has 0 saturated carbocycles. The van der Waals surface area contributed by atoms with E-state index < -0.39 is 0 Å². The molecule has 4 aromatic heterocycles. The minimum Gasteiger partial charge on any atom is -0.415 e. The summed E-state index contributed by atoms with van der Waals surface area (Å²) in [6.07, 6.45) is 5.55. The molecular weight excluding hydrogens is 340 g/mol. The van der Waals surface area contributed by atoms with Gasteiger partial charge in [0.2, 0.25) is 5.89 Å². The van der Waals surface area contributed by atoms with Crippen molar-refractivity contribution in [1.29, 1.82) is 0 Å². The Balaban J connectivity index is 1.77. The Morgan fingerprint density at radius 2 is 2.00 bits per heavy atom. The van der Waals surface area contributed by atoms with E-state index in [2.05, 4.69) is 31.1 Å². The van der Waals surface area contributed by atoms with E-state index in [0.29, 0.717) is 11.8 Å². The van der Waals surface area contributed by atoms with Crippen LogP contribution >= 0.6 is 27.3 Å². The van der Waals surface area contributed by atoms with Crippen molar-refractivity contribution < 1.29 is 4.42 Å². The largest absolute Gasteiger partial charge is 0.415 e. The quantitative estimate of drug-likeness (QED) is 0.552. The molecule has 0 spiro atoms. The molecule has 0 aliphatic carbocycles. The number of hydrogen-bond acceptors (Lipinski definition) is 5. The summed E-state index contributed by atoms with van der Waals surface area (Å²) in [5, 5.41) is 8.20. The molecule has 0 atom stereocenters. The first-order valence-electron chi connectivity index (χ1n) is 5.82. The molecule has 4 heterocycles. The third-order valence-electron chi connectivity index (χ3n) is 2.84. The number of aromatic nitrogens is 4. The van der Waals surface area contributed by atoms with E-state index in [4.69, 9.17) is 4.42 Å². The van der Waals surface area contributed by atoms with Crippen molar-refractivity contribution in [1.82, 2.24) is 19.6 Å². The Hall–Kier alpha value is -1.99. The number of halogens is 1. The zero-order chi connectivity index (χ0) is 13.5. The van der Waals surface area contributed by atoms with Gasteiger partial charge in [-0.25, -0.2) is 4.98 Å². The van der Waals surface area contributed by atoms with Crippen LogP contribution in [0.3, 0.4) is 0 Å². The van der Waals surface area contributed by atoms with Crippen molar-refractivity contribution in [3.63, 3.8) is 0 Å². The van der Waals surface area contributed by atoms with Gasteiger partial charge < -0.3 is 8.82 Å².